The molecule has 0 aliphatic rings. The van der Waals surface area contributed by atoms with Crippen molar-refractivity contribution in [3.63, 3.8) is 0 Å². The molecular formula is C41H52O6. The van der Waals surface area contributed by atoms with E-state index in [1.807, 2.05) is 50.2 Å². The summed E-state index contributed by atoms with van der Waals surface area (Å²) in [5, 5.41) is 64.2. The highest BCUT2D eigenvalue weighted by Crippen LogP contribution is 2.36. The standard InChI is InChI=1S/C41H52O6/c1-5-7-9-11-13-30-20-32(38(44)24-36(30)42)22-34-18-28(15-26(3)40(34)46)17-29-16-27(4)41(47)35(19-29)23-33-21-31(14-12-10-8-6-2)37(43)25-39(33)45/h15-16,18-21,24-25,42-47H,5-14,17,22-23H2,1-4H3. The van der Waals surface area contributed by atoms with Gasteiger partial charge in [-0.05, 0) is 114 Å². The normalized spacial score (nSPS) is 11.3. The SMILES string of the molecule is CCCCCCc1cc(Cc2cc(Cc3cc(C)c(O)c(Cc4cc(CCCCCC)c(O)cc4O)c3)cc(C)c2O)c(O)cc1O. The maximum atomic E-state index is 11.0. The second kappa shape index (κ2) is 16.5. The Kier molecular flexibility index (Phi) is 12.5. The third-order valence-electron chi connectivity index (χ3n) is 9.21. The number of aromatic hydroxyl groups is 6. The van der Waals surface area contributed by atoms with Crippen LogP contribution in [0.1, 0.15) is 121 Å². The maximum absolute atomic E-state index is 11.0. The summed E-state index contributed by atoms with van der Waals surface area (Å²) in [6.45, 7) is 8.04. The quantitative estimate of drug-likeness (QED) is 0.0679. The van der Waals surface area contributed by atoms with Crippen molar-refractivity contribution in [3.8, 4) is 34.5 Å². The minimum atomic E-state index is 0.00247. The first kappa shape index (κ1) is 35.5. The first-order chi connectivity index (χ1) is 22.5. The zero-order valence-electron chi connectivity index (χ0n) is 28.5. The van der Waals surface area contributed by atoms with Gasteiger partial charge in [-0.2, -0.15) is 0 Å². The third kappa shape index (κ3) is 9.37. The van der Waals surface area contributed by atoms with Gasteiger partial charge in [0, 0.05) is 25.0 Å². The maximum Gasteiger partial charge on any atom is 0.122 e. The van der Waals surface area contributed by atoms with E-state index in [0.717, 1.165) is 97.6 Å². The van der Waals surface area contributed by atoms with Crippen molar-refractivity contribution in [2.75, 3.05) is 0 Å². The van der Waals surface area contributed by atoms with Crippen LogP contribution in [0.25, 0.3) is 0 Å². The smallest absolute Gasteiger partial charge is 0.122 e. The monoisotopic (exact) mass is 640 g/mol. The van der Waals surface area contributed by atoms with Crippen molar-refractivity contribution in [3.05, 3.63) is 104 Å². The van der Waals surface area contributed by atoms with Crippen LogP contribution in [0.5, 0.6) is 34.5 Å². The zero-order chi connectivity index (χ0) is 34.1. The average Bonchev–Trinajstić information content (AvgIpc) is 3.02. The number of rotatable bonds is 16. The summed E-state index contributed by atoms with van der Waals surface area (Å²) < 4.78 is 0. The van der Waals surface area contributed by atoms with Crippen LogP contribution in [0, 0.1) is 13.8 Å². The molecular weight excluding hydrogens is 588 g/mol. The van der Waals surface area contributed by atoms with E-state index < -0.39 is 0 Å². The van der Waals surface area contributed by atoms with Gasteiger partial charge in [0.05, 0.1) is 0 Å². The zero-order valence-corrected chi connectivity index (χ0v) is 28.5. The van der Waals surface area contributed by atoms with Gasteiger partial charge in [0.1, 0.15) is 34.5 Å². The molecule has 0 radical (unpaired) electrons. The molecule has 0 heterocycles. The van der Waals surface area contributed by atoms with E-state index >= 15 is 0 Å². The van der Waals surface area contributed by atoms with Crippen LogP contribution in [0.2, 0.25) is 0 Å². The Morgan fingerprint density at radius 2 is 0.766 bits per heavy atom. The molecule has 0 aliphatic carbocycles. The molecule has 4 rings (SSSR count). The Balaban J connectivity index is 1.57. The van der Waals surface area contributed by atoms with Crippen LogP contribution in [0.4, 0.5) is 0 Å². The summed E-state index contributed by atoms with van der Waals surface area (Å²) >= 11 is 0. The fraction of sp³-hybridized carbons (Fsp3) is 0.415. The lowest BCUT2D eigenvalue weighted by molar-refractivity contribution is 0.439. The molecule has 6 heteroatoms. The lowest BCUT2D eigenvalue weighted by Crippen LogP contribution is -2.00. The predicted octanol–water partition coefficient (Wildman–Crippen LogP) is 9.56. The van der Waals surface area contributed by atoms with Crippen LogP contribution >= 0.6 is 0 Å². The highest BCUT2D eigenvalue weighted by atomic mass is 16.3. The molecule has 4 aromatic rings. The van der Waals surface area contributed by atoms with Crippen molar-refractivity contribution in [1.82, 2.24) is 0 Å². The summed E-state index contributed by atoms with van der Waals surface area (Å²) in [4.78, 5) is 0. The molecule has 0 unspecified atom stereocenters. The number of benzene rings is 4. The molecule has 0 saturated heterocycles. The number of phenols is 6. The summed E-state index contributed by atoms with van der Waals surface area (Å²) in [6, 6.07) is 14.3. The minimum Gasteiger partial charge on any atom is -0.508 e. The lowest BCUT2D eigenvalue weighted by atomic mass is 9.92. The van der Waals surface area contributed by atoms with Gasteiger partial charge in [-0.3, -0.25) is 0 Å². The van der Waals surface area contributed by atoms with Crippen molar-refractivity contribution >= 4 is 0 Å². The molecule has 0 atom stereocenters. The Bertz CT molecular complexity index is 1550. The highest BCUT2D eigenvalue weighted by Gasteiger charge is 2.17. The molecule has 252 valence electrons. The van der Waals surface area contributed by atoms with E-state index in [9.17, 15) is 30.6 Å². The van der Waals surface area contributed by atoms with Gasteiger partial charge in [-0.15, -0.1) is 0 Å². The number of unbranched alkanes of at least 4 members (excludes halogenated alkanes) is 6. The Morgan fingerprint density at radius 1 is 0.383 bits per heavy atom. The number of hydrogen-bond donors (Lipinski definition) is 6. The lowest BCUT2D eigenvalue weighted by Gasteiger charge is -2.16. The molecule has 4 aromatic carbocycles. The molecule has 47 heavy (non-hydrogen) atoms. The van der Waals surface area contributed by atoms with Crippen molar-refractivity contribution < 1.29 is 30.6 Å². The second-order valence-electron chi connectivity index (χ2n) is 13.2. The van der Waals surface area contributed by atoms with Crippen LogP contribution < -0.4 is 0 Å². The molecule has 0 fully saturated rings. The van der Waals surface area contributed by atoms with Crippen LogP contribution in [-0.2, 0) is 32.1 Å². The summed E-state index contributed by atoms with van der Waals surface area (Å²) in [6.07, 6.45) is 11.3. The van der Waals surface area contributed by atoms with Crippen molar-refractivity contribution in [2.45, 2.75) is 111 Å². The van der Waals surface area contributed by atoms with Gasteiger partial charge < -0.3 is 30.6 Å². The van der Waals surface area contributed by atoms with Crippen LogP contribution in [-0.4, -0.2) is 30.6 Å². The first-order valence-electron chi connectivity index (χ1n) is 17.2. The van der Waals surface area contributed by atoms with Crippen molar-refractivity contribution in [1.29, 1.82) is 0 Å². The molecule has 6 nitrogen and oxygen atoms in total. The fourth-order valence-electron chi connectivity index (χ4n) is 6.50. The molecule has 0 amide bonds. The third-order valence-corrected chi connectivity index (χ3v) is 9.21. The molecule has 0 bridgehead atoms. The second-order valence-corrected chi connectivity index (χ2v) is 13.2. The van der Waals surface area contributed by atoms with E-state index in [2.05, 4.69) is 13.8 Å². The van der Waals surface area contributed by atoms with E-state index in [4.69, 9.17) is 0 Å². The van der Waals surface area contributed by atoms with Crippen LogP contribution in [0.15, 0.2) is 48.5 Å². The van der Waals surface area contributed by atoms with Gasteiger partial charge in [-0.1, -0.05) is 76.6 Å². The Labute approximate surface area is 280 Å². The number of aryl methyl sites for hydroxylation is 4. The summed E-state index contributed by atoms with van der Waals surface area (Å²) in [5.41, 5.74) is 7.70. The Hall–Kier alpha value is -4.32. The molecule has 0 aromatic heterocycles. The first-order valence-corrected chi connectivity index (χ1v) is 17.2. The average molecular weight is 641 g/mol. The summed E-state index contributed by atoms with van der Waals surface area (Å²) in [7, 11) is 0. The van der Waals surface area contributed by atoms with Gasteiger partial charge in [0.2, 0.25) is 0 Å². The number of hydrogen-bond acceptors (Lipinski definition) is 6. The van der Waals surface area contributed by atoms with Gasteiger partial charge in [-0.25, -0.2) is 0 Å². The van der Waals surface area contributed by atoms with E-state index in [-0.39, 0.29) is 34.5 Å². The number of phenolic OH excluding ortho intramolecular Hbond substituents is 6. The highest BCUT2D eigenvalue weighted by molar-refractivity contribution is 5.54. The topological polar surface area (TPSA) is 121 Å². The molecule has 6 N–H and O–H groups in total. The molecule has 0 spiro atoms. The van der Waals surface area contributed by atoms with E-state index in [1.165, 1.54) is 12.1 Å². The van der Waals surface area contributed by atoms with Gasteiger partial charge in [0.25, 0.3) is 0 Å². The predicted molar refractivity (Wildman–Crippen MR) is 189 cm³/mol. The Morgan fingerprint density at radius 3 is 1.15 bits per heavy atom. The van der Waals surface area contributed by atoms with Gasteiger partial charge >= 0.3 is 0 Å². The minimum absolute atomic E-state index is 0.00247. The molecule has 0 saturated carbocycles. The van der Waals surface area contributed by atoms with E-state index in [1.54, 1.807) is 0 Å². The summed E-state index contributed by atoms with van der Waals surface area (Å²) in [5.74, 6) is 0.562. The molecule has 0 aliphatic heterocycles. The van der Waals surface area contributed by atoms with Crippen LogP contribution in [0.3, 0.4) is 0 Å². The van der Waals surface area contributed by atoms with E-state index in [0.29, 0.717) is 41.5 Å². The fourth-order valence-corrected chi connectivity index (χ4v) is 6.50. The largest absolute Gasteiger partial charge is 0.508 e. The van der Waals surface area contributed by atoms with Crippen molar-refractivity contribution in [2.24, 2.45) is 0 Å². The van der Waals surface area contributed by atoms with Gasteiger partial charge in [0.15, 0.2) is 0 Å².